The molecular formula is C17H23NO5. The molecule has 6 heteroatoms. The van der Waals surface area contributed by atoms with E-state index in [4.69, 9.17) is 14.6 Å². The van der Waals surface area contributed by atoms with Gasteiger partial charge in [-0.3, -0.25) is 4.79 Å². The zero-order valence-electron chi connectivity index (χ0n) is 13.7. The lowest BCUT2D eigenvalue weighted by molar-refractivity contribution is -0.155. The number of hydrogen-bond donors (Lipinski definition) is 1. The minimum absolute atomic E-state index is 0.143. The lowest BCUT2D eigenvalue weighted by Crippen LogP contribution is -2.41. The smallest absolute Gasteiger partial charge is 0.332 e. The monoisotopic (exact) mass is 321 g/mol. The maximum Gasteiger partial charge on any atom is 0.332 e. The summed E-state index contributed by atoms with van der Waals surface area (Å²) < 4.78 is 10.6. The molecule has 1 fully saturated rings. The van der Waals surface area contributed by atoms with E-state index in [1.165, 1.54) is 0 Å². The molecule has 1 unspecified atom stereocenters. The van der Waals surface area contributed by atoms with Crippen molar-refractivity contribution in [3.63, 3.8) is 0 Å². The molecule has 1 aromatic rings. The molecule has 1 heterocycles. The van der Waals surface area contributed by atoms with Gasteiger partial charge in [0.2, 0.25) is 0 Å². The van der Waals surface area contributed by atoms with Gasteiger partial charge in [0, 0.05) is 6.54 Å². The second kappa shape index (κ2) is 7.46. The van der Waals surface area contributed by atoms with Crippen LogP contribution in [0.1, 0.15) is 38.3 Å². The third-order valence-corrected chi connectivity index (χ3v) is 4.24. The van der Waals surface area contributed by atoms with E-state index in [0.717, 1.165) is 11.3 Å². The van der Waals surface area contributed by atoms with E-state index in [2.05, 4.69) is 0 Å². The first-order chi connectivity index (χ1) is 11.0. The van der Waals surface area contributed by atoms with Gasteiger partial charge in [-0.2, -0.15) is 0 Å². The largest absolute Gasteiger partial charge is 0.497 e. The highest BCUT2D eigenvalue weighted by Crippen LogP contribution is 2.28. The molecule has 1 N–H and O–H groups in total. The summed E-state index contributed by atoms with van der Waals surface area (Å²) in [6, 6.07) is 7.44. The van der Waals surface area contributed by atoms with Crippen molar-refractivity contribution in [2.24, 2.45) is 0 Å². The maximum absolute atomic E-state index is 12.7. The standard InChI is InChI=1S/C17H23NO5/c1-4-18(11(2)12-6-5-7-13(10-12)22-3)16(19)14-8-9-15(23-14)17(20)21/h5-7,10-11,14-15H,4,8-9H2,1-3H3,(H,20,21)/t11?,14-,15+/m0/s1. The molecule has 0 radical (unpaired) electrons. The normalized spacial score (nSPS) is 21.7. The predicted octanol–water partition coefficient (Wildman–Crippen LogP) is 2.24. The Morgan fingerprint density at radius 2 is 2.09 bits per heavy atom. The van der Waals surface area contributed by atoms with E-state index in [1.807, 2.05) is 38.1 Å². The summed E-state index contributed by atoms with van der Waals surface area (Å²) in [5.41, 5.74) is 0.965. The number of methoxy groups -OCH3 is 1. The van der Waals surface area contributed by atoms with E-state index in [9.17, 15) is 9.59 Å². The van der Waals surface area contributed by atoms with Crippen molar-refractivity contribution in [1.82, 2.24) is 4.90 Å². The third kappa shape index (κ3) is 3.82. The zero-order chi connectivity index (χ0) is 17.0. The first-order valence-electron chi connectivity index (χ1n) is 7.80. The van der Waals surface area contributed by atoms with Gasteiger partial charge in [0.25, 0.3) is 5.91 Å². The lowest BCUT2D eigenvalue weighted by atomic mass is 10.1. The van der Waals surface area contributed by atoms with Crippen molar-refractivity contribution in [3.05, 3.63) is 29.8 Å². The second-order valence-corrected chi connectivity index (χ2v) is 5.61. The third-order valence-electron chi connectivity index (χ3n) is 4.24. The number of carboxylic acid groups (broad SMARTS) is 1. The Balaban J connectivity index is 2.12. The molecule has 1 aliphatic rings. The van der Waals surface area contributed by atoms with Crippen molar-refractivity contribution >= 4 is 11.9 Å². The van der Waals surface area contributed by atoms with Crippen molar-refractivity contribution < 1.29 is 24.2 Å². The number of nitrogens with zero attached hydrogens (tertiary/aromatic N) is 1. The number of benzene rings is 1. The Labute approximate surface area is 136 Å². The van der Waals surface area contributed by atoms with Gasteiger partial charge in [0.15, 0.2) is 6.10 Å². The van der Waals surface area contributed by atoms with Crippen LogP contribution in [0, 0.1) is 0 Å². The molecule has 1 aromatic carbocycles. The Bertz CT molecular complexity index is 574. The van der Waals surface area contributed by atoms with Crippen LogP contribution in [0.15, 0.2) is 24.3 Å². The van der Waals surface area contributed by atoms with Crippen LogP contribution in [0.3, 0.4) is 0 Å². The average Bonchev–Trinajstić information content (AvgIpc) is 3.05. The maximum atomic E-state index is 12.7. The van der Waals surface area contributed by atoms with Gasteiger partial charge in [-0.15, -0.1) is 0 Å². The lowest BCUT2D eigenvalue weighted by Gasteiger charge is -2.30. The number of ether oxygens (including phenoxy) is 2. The quantitative estimate of drug-likeness (QED) is 0.869. The molecule has 0 aromatic heterocycles. The minimum Gasteiger partial charge on any atom is -0.497 e. The van der Waals surface area contributed by atoms with Crippen LogP contribution in [-0.4, -0.2) is 47.7 Å². The summed E-state index contributed by atoms with van der Waals surface area (Å²) in [6.45, 7) is 4.37. The Morgan fingerprint density at radius 3 is 2.65 bits per heavy atom. The molecule has 23 heavy (non-hydrogen) atoms. The number of carbonyl (C=O) groups excluding carboxylic acids is 1. The average molecular weight is 321 g/mol. The molecule has 0 bridgehead atoms. The van der Waals surface area contributed by atoms with E-state index in [1.54, 1.807) is 12.0 Å². The molecule has 0 spiro atoms. The van der Waals surface area contributed by atoms with Crippen LogP contribution in [0.25, 0.3) is 0 Å². The van der Waals surface area contributed by atoms with Crippen molar-refractivity contribution in [1.29, 1.82) is 0 Å². The molecule has 0 aliphatic carbocycles. The van der Waals surface area contributed by atoms with Gasteiger partial charge in [0.1, 0.15) is 11.9 Å². The predicted molar refractivity (Wildman–Crippen MR) is 84.3 cm³/mol. The van der Waals surface area contributed by atoms with Crippen molar-refractivity contribution in [2.45, 2.75) is 44.9 Å². The topological polar surface area (TPSA) is 76.1 Å². The Morgan fingerprint density at radius 1 is 1.39 bits per heavy atom. The highest BCUT2D eigenvalue weighted by atomic mass is 16.5. The summed E-state index contributed by atoms with van der Waals surface area (Å²) in [7, 11) is 1.60. The van der Waals surface area contributed by atoms with Crippen LogP contribution in [0.4, 0.5) is 0 Å². The molecule has 3 atom stereocenters. The fourth-order valence-electron chi connectivity index (χ4n) is 2.89. The molecule has 2 rings (SSSR count). The summed E-state index contributed by atoms with van der Waals surface area (Å²) in [6.07, 6.45) is -0.743. The van der Waals surface area contributed by atoms with E-state index < -0.39 is 18.2 Å². The van der Waals surface area contributed by atoms with E-state index in [0.29, 0.717) is 19.4 Å². The molecule has 6 nitrogen and oxygen atoms in total. The Kier molecular flexibility index (Phi) is 5.60. The first-order valence-corrected chi connectivity index (χ1v) is 7.80. The number of likely N-dealkylation sites (N-methyl/N-ethyl adjacent to an activating group) is 1. The number of carboxylic acids is 1. The van der Waals surface area contributed by atoms with E-state index >= 15 is 0 Å². The number of carbonyl (C=O) groups is 2. The van der Waals surface area contributed by atoms with Crippen LogP contribution < -0.4 is 4.74 Å². The summed E-state index contributed by atoms with van der Waals surface area (Å²) in [4.78, 5) is 25.4. The van der Waals surface area contributed by atoms with Crippen LogP contribution >= 0.6 is 0 Å². The van der Waals surface area contributed by atoms with Crippen LogP contribution in [0.2, 0.25) is 0 Å². The molecule has 1 saturated heterocycles. The first kappa shape index (κ1) is 17.3. The molecule has 1 amide bonds. The summed E-state index contributed by atoms with van der Waals surface area (Å²) in [5, 5.41) is 8.99. The number of aliphatic carboxylic acids is 1. The SMILES string of the molecule is CCN(C(=O)[C@@H]1CC[C@H](C(=O)O)O1)C(C)c1cccc(OC)c1. The van der Waals surface area contributed by atoms with Gasteiger partial charge in [-0.05, 0) is 44.4 Å². The van der Waals surface area contributed by atoms with Gasteiger partial charge in [0.05, 0.1) is 13.2 Å². The Hall–Kier alpha value is -2.08. The second-order valence-electron chi connectivity index (χ2n) is 5.61. The van der Waals surface area contributed by atoms with Crippen LogP contribution in [0.5, 0.6) is 5.75 Å². The number of rotatable bonds is 6. The molecule has 126 valence electrons. The van der Waals surface area contributed by atoms with Crippen molar-refractivity contribution in [2.75, 3.05) is 13.7 Å². The van der Waals surface area contributed by atoms with Crippen molar-refractivity contribution in [3.8, 4) is 5.75 Å². The molecule has 1 aliphatic heterocycles. The van der Waals surface area contributed by atoms with E-state index in [-0.39, 0.29) is 11.9 Å². The van der Waals surface area contributed by atoms with Gasteiger partial charge in [-0.1, -0.05) is 12.1 Å². The van der Waals surface area contributed by atoms with Gasteiger partial charge >= 0.3 is 5.97 Å². The van der Waals surface area contributed by atoms with Crippen LogP contribution in [-0.2, 0) is 14.3 Å². The highest BCUT2D eigenvalue weighted by molar-refractivity contribution is 5.83. The number of amides is 1. The highest BCUT2D eigenvalue weighted by Gasteiger charge is 2.37. The number of hydrogen-bond acceptors (Lipinski definition) is 4. The summed E-state index contributed by atoms with van der Waals surface area (Å²) >= 11 is 0. The fourth-order valence-corrected chi connectivity index (χ4v) is 2.89. The van der Waals surface area contributed by atoms with Gasteiger partial charge < -0.3 is 19.5 Å². The molecule has 0 saturated carbocycles. The zero-order valence-corrected chi connectivity index (χ0v) is 13.7. The van der Waals surface area contributed by atoms with Gasteiger partial charge in [-0.25, -0.2) is 4.79 Å². The minimum atomic E-state index is -1.01. The summed E-state index contributed by atoms with van der Waals surface area (Å²) in [5.74, 6) is -0.434. The fraction of sp³-hybridized carbons (Fsp3) is 0.529. The molecular weight excluding hydrogens is 298 g/mol.